The lowest BCUT2D eigenvalue weighted by atomic mass is 10.1. The van der Waals surface area contributed by atoms with Gasteiger partial charge >= 0.3 is 0 Å². The van der Waals surface area contributed by atoms with Crippen molar-refractivity contribution in [1.29, 1.82) is 0 Å². The van der Waals surface area contributed by atoms with E-state index in [2.05, 4.69) is 10.1 Å². The first kappa shape index (κ1) is 20.8. The predicted molar refractivity (Wildman–Crippen MR) is 123 cm³/mol. The number of carbonyl (C=O) groups is 1. The molecule has 1 atom stereocenters. The summed E-state index contributed by atoms with van der Waals surface area (Å²) >= 11 is 0. The summed E-state index contributed by atoms with van der Waals surface area (Å²) in [6.45, 7) is 2.75. The van der Waals surface area contributed by atoms with Gasteiger partial charge in [0, 0.05) is 5.56 Å². The van der Waals surface area contributed by atoms with Gasteiger partial charge in [-0.2, -0.15) is 4.98 Å². The molecule has 7 heteroatoms. The van der Waals surface area contributed by atoms with E-state index in [9.17, 15) is 4.79 Å². The van der Waals surface area contributed by atoms with Crippen molar-refractivity contribution in [2.75, 3.05) is 13.1 Å². The molecule has 0 radical (unpaired) electrons. The SMILES string of the molecule is CC(Oc1ccccc1)C(=O)N1CC(Oc2ccccc2-c2nc(-c3ccccc3)no2)C1. The molecule has 0 spiro atoms. The molecule has 0 bridgehead atoms. The van der Waals surface area contributed by atoms with Crippen LogP contribution in [0.25, 0.3) is 22.8 Å². The van der Waals surface area contributed by atoms with Crippen LogP contribution in [-0.2, 0) is 4.79 Å². The molecule has 3 aromatic carbocycles. The average molecular weight is 441 g/mol. The van der Waals surface area contributed by atoms with E-state index in [0.717, 1.165) is 11.1 Å². The summed E-state index contributed by atoms with van der Waals surface area (Å²) in [5.74, 6) is 2.17. The molecule has 1 amide bonds. The van der Waals surface area contributed by atoms with Gasteiger partial charge in [0.2, 0.25) is 5.82 Å². The quantitative estimate of drug-likeness (QED) is 0.421. The van der Waals surface area contributed by atoms with Crippen molar-refractivity contribution < 1.29 is 18.8 Å². The molecule has 0 N–H and O–H groups in total. The fraction of sp³-hybridized carbons (Fsp3) is 0.192. The van der Waals surface area contributed by atoms with E-state index in [1.165, 1.54) is 0 Å². The monoisotopic (exact) mass is 441 g/mol. The number of aromatic nitrogens is 2. The molecule has 7 nitrogen and oxygen atoms in total. The molecule has 33 heavy (non-hydrogen) atoms. The number of benzene rings is 3. The number of likely N-dealkylation sites (tertiary alicyclic amines) is 1. The number of amides is 1. The van der Waals surface area contributed by atoms with Gasteiger partial charge in [-0.1, -0.05) is 65.8 Å². The van der Waals surface area contributed by atoms with Gasteiger partial charge in [0.15, 0.2) is 6.10 Å². The van der Waals surface area contributed by atoms with Gasteiger partial charge in [-0.05, 0) is 31.2 Å². The highest BCUT2D eigenvalue weighted by molar-refractivity contribution is 5.81. The van der Waals surface area contributed by atoms with Crippen molar-refractivity contribution in [3.63, 3.8) is 0 Å². The number of para-hydroxylation sites is 2. The van der Waals surface area contributed by atoms with Crippen LogP contribution in [0.4, 0.5) is 0 Å². The molecule has 5 rings (SSSR count). The Labute approximate surface area is 191 Å². The molecule has 0 aliphatic carbocycles. The Morgan fingerprint density at radius 3 is 2.39 bits per heavy atom. The van der Waals surface area contributed by atoms with E-state index in [1.54, 1.807) is 11.8 Å². The minimum Gasteiger partial charge on any atom is -0.486 e. The fourth-order valence-electron chi connectivity index (χ4n) is 3.67. The van der Waals surface area contributed by atoms with Crippen molar-refractivity contribution in [2.24, 2.45) is 0 Å². The third-order valence-corrected chi connectivity index (χ3v) is 5.43. The molecular weight excluding hydrogens is 418 g/mol. The highest BCUT2D eigenvalue weighted by atomic mass is 16.5. The lowest BCUT2D eigenvalue weighted by molar-refractivity contribution is -0.146. The maximum Gasteiger partial charge on any atom is 0.263 e. The summed E-state index contributed by atoms with van der Waals surface area (Å²) in [7, 11) is 0. The Kier molecular flexibility index (Phi) is 5.76. The standard InChI is InChI=1S/C26H23N3O4/c1-18(31-20-12-6-3-7-13-20)26(30)29-16-21(17-29)32-23-15-9-8-14-22(23)25-27-24(28-33-25)19-10-4-2-5-11-19/h2-15,18,21H,16-17H2,1H3. The highest BCUT2D eigenvalue weighted by Crippen LogP contribution is 2.32. The molecule has 2 heterocycles. The van der Waals surface area contributed by atoms with Crippen molar-refractivity contribution in [1.82, 2.24) is 15.0 Å². The maximum absolute atomic E-state index is 12.7. The van der Waals surface area contributed by atoms with Crippen molar-refractivity contribution in [2.45, 2.75) is 19.1 Å². The van der Waals surface area contributed by atoms with Gasteiger partial charge in [0.25, 0.3) is 11.8 Å². The summed E-state index contributed by atoms with van der Waals surface area (Å²) < 4.78 is 17.4. The highest BCUT2D eigenvalue weighted by Gasteiger charge is 2.35. The van der Waals surface area contributed by atoms with Crippen LogP contribution in [-0.4, -0.2) is 46.2 Å². The Balaban J connectivity index is 1.22. The number of hydrogen-bond acceptors (Lipinski definition) is 6. The molecular formula is C26H23N3O4. The third-order valence-electron chi connectivity index (χ3n) is 5.43. The summed E-state index contributed by atoms with van der Waals surface area (Å²) in [6, 6.07) is 26.5. The smallest absolute Gasteiger partial charge is 0.263 e. The molecule has 1 aliphatic rings. The van der Waals surface area contributed by atoms with Crippen LogP contribution in [0.3, 0.4) is 0 Å². The zero-order valence-electron chi connectivity index (χ0n) is 18.1. The van der Waals surface area contributed by atoms with Crippen LogP contribution in [0.1, 0.15) is 6.92 Å². The molecule has 166 valence electrons. The van der Waals surface area contributed by atoms with E-state index < -0.39 is 6.10 Å². The first-order valence-electron chi connectivity index (χ1n) is 10.8. The van der Waals surface area contributed by atoms with E-state index in [-0.39, 0.29) is 12.0 Å². The molecule has 1 unspecified atom stereocenters. The Hall–Kier alpha value is -4.13. The first-order chi connectivity index (χ1) is 16.2. The largest absolute Gasteiger partial charge is 0.486 e. The summed E-state index contributed by atoms with van der Waals surface area (Å²) in [5, 5.41) is 4.10. The lowest BCUT2D eigenvalue weighted by Gasteiger charge is -2.40. The number of carbonyl (C=O) groups excluding carboxylic acids is 1. The third kappa shape index (κ3) is 4.57. The molecule has 4 aromatic rings. The van der Waals surface area contributed by atoms with Crippen LogP contribution in [0, 0.1) is 0 Å². The molecule has 1 fully saturated rings. The molecule has 0 saturated carbocycles. The minimum absolute atomic E-state index is 0.0589. The van der Waals surface area contributed by atoms with Crippen molar-refractivity contribution >= 4 is 5.91 Å². The van der Waals surface area contributed by atoms with Crippen molar-refractivity contribution in [3.8, 4) is 34.3 Å². The van der Waals surface area contributed by atoms with Gasteiger partial charge in [-0.15, -0.1) is 0 Å². The van der Waals surface area contributed by atoms with Crippen molar-refractivity contribution in [3.05, 3.63) is 84.9 Å². The average Bonchev–Trinajstić information content (AvgIpc) is 3.32. The van der Waals surface area contributed by atoms with Crippen LogP contribution >= 0.6 is 0 Å². The summed E-state index contributed by atoms with van der Waals surface area (Å²) in [4.78, 5) is 18.9. The summed E-state index contributed by atoms with van der Waals surface area (Å²) in [6.07, 6.45) is -0.675. The Bertz CT molecular complexity index is 1220. The van der Waals surface area contributed by atoms with Gasteiger partial charge in [0.05, 0.1) is 18.7 Å². The summed E-state index contributed by atoms with van der Waals surface area (Å²) in [5.41, 5.74) is 1.60. The van der Waals surface area contributed by atoms with E-state index in [4.69, 9.17) is 14.0 Å². The second-order valence-electron chi connectivity index (χ2n) is 7.84. The maximum atomic E-state index is 12.7. The van der Waals surface area contributed by atoms with Gasteiger partial charge < -0.3 is 18.9 Å². The zero-order chi connectivity index (χ0) is 22.6. The second kappa shape index (κ2) is 9.16. The first-order valence-corrected chi connectivity index (χ1v) is 10.8. The zero-order valence-corrected chi connectivity index (χ0v) is 18.1. The van der Waals surface area contributed by atoms with Gasteiger partial charge in [-0.25, -0.2) is 0 Å². The predicted octanol–water partition coefficient (Wildman–Crippen LogP) is 4.46. The normalized spacial score (nSPS) is 14.4. The number of ether oxygens (including phenoxy) is 2. The Morgan fingerprint density at radius 1 is 0.970 bits per heavy atom. The minimum atomic E-state index is -0.560. The van der Waals surface area contributed by atoms with E-state index >= 15 is 0 Å². The van der Waals surface area contributed by atoms with Crippen LogP contribution < -0.4 is 9.47 Å². The Morgan fingerprint density at radius 2 is 1.64 bits per heavy atom. The van der Waals surface area contributed by atoms with Crippen LogP contribution in [0.5, 0.6) is 11.5 Å². The number of hydrogen-bond donors (Lipinski definition) is 0. The molecule has 1 aliphatic heterocycles. The van der Waals surface area contributed by atoms with Crippen LogP contribution in [0.15, 0.2) is 89.5 Å². The van der Waals surface area contributed by atoms with Gasteiger partial charge in [0.1, 0.15) is 17.6 Å². The van der Waals surface area contributed by atoms with E-state index in [1.807, 2.05) is 84.9 Å². The van der Waals surface area contributed by atoms with Gasteiger partial charge in [-0.3, -0.25) is 4.79 Å². The van der Waals surface area contributed by atoms with E-state index in [0.29, 0.717) is 36.3 Å². The second-order valence-corrected chi connectivity index (χ2v) is 7.84. The molecule has 1 saturated heterocycles. The molecule has 1 aromatic heterocycles. The van der Waals surface area contributed by atoms with Crippen LogP contribution in [0.2, 0.25) is 0 Å². The fourth-order valence-corrected chi connectivity index (χ4v) is 3.67. The lowest BCUT2D eigenvalue weighted by Crippen LogP contribution is -2.58. The number of rotatable bonds is 7. The topological polar surface area (TPSA) is 77.7 Å². The number of nitrogens with zero attached hydrogens (tertiary/aromatic N) is 3.